The minimum absolute atomic E-state index is 0.00141. The van der Waals surface area contributed by atoms with Gasteiger partial charge in [0.15, 0.2) is 0 Å². The lowest BCUT2D eigenvalue weighted by atomic mass is 10.1. The topological polar surface area (TPSA) is 62.3 Å². The Kier molecular flexibility index (Phi) is 4.60. The van der Waals surface area contributed by atoms with Crippen molar-refractivity contribution in [3.63, 3.8) is 0 Å². The molecular formula is C19H21N3O2. The maximum absolute atomic E-state index is 12.4. The quantitative estimate of drug-likeness (QED) is 0.939. The molecule has 1 N–H and O–H groups in total. The van der Waals surface area contributed by atoms with Crippen molar-refractivity contribution >= 4 is 17.5 Å². The Bertz CT molecular complexity index is 738. The molecule has 0 bridgehead atoms. The summed E-state index contributed by atoms with van der Waals surface area (Å²) < 4.78 is 0. The summed E-state index contributed by atoms with van der Waals surface area (Å²) in [6.45, 7) is 4.88. The number of carbonyl (C=O) groups is 2. The number of anilines is 1. The predicted octanol–water partition coefficient (Wildman–Crippen LogP) is 2.37. The van der Waals surface area contributed by atoms with Crippen molar-refractivity contribution in [1.82, 2.24) is 10.3 Å². The van der Waals surface area contributed by atoms with Gasteiger partial charge in [0.2, 0.25) is 11.8 Å². The van der Waals surface area contributed by atoms with Gasteiger partial charge in [0.25, 0.3) is 0 Å². The van der Waals surface area contributed by atoms with Gasteiger partial charge < -0.3 is 10.2 Å². The molecule has 0 unspecified atom stereocenters. The highest BCUT2D eigenvalue weighted by atomic mass is 16.2. The van der Waals surface area contributed by atoms with Crippen LogP contribution in [0.3, 0.4) is 0 Å². The van der Waals surface area contributed by atoms with Gasteiger partial charge in [0.1, 0.15) is 0 Å². The lowest BCUT2D eigenvalue weighted by Crippen LogP contribution is -2.32. The molecule has 5 nitrogen and oxygen atoms in total. The molecule has 1 aliphatic heterocycles. The van der Waals surface area contributed by atoms with Crippen LogP contribution in [-0.4, -0.2) is 23.3 Å². The first-order valence-electron chi connectivity index (χ1n) is 8.08. The summed E-state index contributed by atoms with van der Waals surface area (Å²) in [5.74, 6) is -0.393. The highest BCUT2D eigenvalue weighted by molar-refractivity contribution is 6.00. The molecule has 1 fully saturated rings. The first-order valence-corrected chi connectivity index (χ1v) is 8.08. The molecule has 5 heteroatoms. The number of rotatable bonds is 4. The number of hydrogen-bond donors (Lipinski definition) is 1. The molecule has 0 saturated carbocycles. The second kappa shape index (κ2) is 6.83. The van der Waals surface area contributed by atoms with Crippen LogP contribution in [0.5, 0.6) is 0 Å². The van der Waals surface area contributed by atoms with E-state index in [1.807, 2.05) is 38.1 Å². The zero-order chi connectivity index (χ0) is 17.1. The number of pyridine rings is 1. The van der Waals surface area contributed by atoms with Crippen LogP contribution < -0.4 is 10.2 Å². The molecule has 0 radical (unpaired) electrons. The molecule has 1 aromatic carbocycles. The molecule has 0 spiro atoms. The van der Waals surface area contributed by atoms with E-state index < -0.39 is 0 Å². The Morgan fingerprint density at radius 3 is 2.71 bits per heavy atom. The summed E-state index contributed by atoms with van der Waals surface area (Å²) in [7, 11) is 0. The fourth-order valence-electron chi connectivity index (χ4n) is 3.08. The van der Waals surface area contributed by atoms with Crippen molar-refractivity contribution in [1.29, 1.82) is 0 Å². The maximum atomic E-state index is 12.4. The summed E-state index contributed by atoms with van der Waals surface area (Å²) in [6.07, 6.45) is 3.68. The highest BCUT2D eigenvalue weighted by Gasteiger charge is 2.35. The number of aromatic nitrogens is 1. The van der Waals surface area contributed by atoms with Crippen molar-refractivity contribution in [3.8, 4) is 0 Å². The van der Waals surface area contributed by atoms with Crippen LogP contribution in [0, 0.1) is 19.8 Å². The van der Waals surface area contributed by atoms with Crippen molar-refractivity contribution < 1.29 is 9.59 Å². The number of nitrogens with one attached hydrogen (secondary N) is 1. The molecule has 2 heterocycles. The SMILES string of the molecule is Cc1cc(C)cc(N2C[C@H](C(=O)NCc3cccnc3)CC2=O)c1. The number of nitrogens with zero attached hydrogens (tertiary/aromatic N) is 2. The van der Waals surface area contributed by atoms with Gasteiger partial charge in [-0.15, -0.1) is 0 Å². The van der Waals surface area contributed by atoms with Crippen LogP contribution in [0.15, 0.2) is 42.7 Å². The standard InChI is InChI=1S/C19H21N3O2/c1-13-6-14(2)8-17(7-13)22-12-16(9-18(22)23)19(24)21-11-15-4-3-5-20-10-15/h3-8,10,16H,9,11-12H2,1-2H3,(H,21,24)/t16-/m1/s1. The van der Waals surface area contributed by atoms with Crippen LogP contribution in [-0.2, 0) is 16.1 Å². The number of aryl methyl sites for hydroxylation is 2. The van der Waals surface area contributed by atoms with Gasteiger partial charge in [-0.2, -0.15) is 0 Å². The summed E-state index contributed by atoms with van der Waals surface area (Å²) in [5.41, 5.74) is 4.05. The third-order valence-electron chi connectivity index (χ3n) is 4.20. The number of hydrogen-bond acceptors (Lipinski definition) is 3. The first-order chi connectivity index (χ1) is 11.5. The Hall–Kier alpha value is -2.69. The van der Waals surface area contributed by atoms with Crippen LogP contribution in [0.4, 0.5) is 5.69 Å². The van der Waals surface area contributed by atoms with E-state index in [9.17, 15) is 9.59 Å². The molecule has 0 aliphatic carbocycles. The Labute approximate surface area is 141 Å². The average Bonchev–Trinajstić information content (AvgIpc) is 2.95. The second-order valence-electron chi connectivity index (χ2n) is 6.33. The lowest BCUT2D eigenvalue weighted by Gasteiger charge is -2.18. The van der Waals surface area contributed by atoms with Crippen molar-refractivity contribution in [2.75, 3.05) is 11.4 Å². The molecule has 2 aromatic rings. The monoisotopic (exact) mass is 323 g/mol. The number of amides is 2. The van der Waals surface area contributed by atoms with Gasteiger partial charge in [-0.25, -0.2) is 0 Å². The molecule has 1 aliphatic rings. The van der Waals surface area contributed by atoms with Crippen LogP contribution >= 0.6 is 0 Å². The van der Waals surface area contributed by atoms with Gasteiger partial charge in [-0.1, -0.05) is 12.1 Å². The van der Waals surface area contributed by atoms with Crippen molar-refractivity contribution in [3.05, 3.63) is 59.4 Å². The van der Waals surface area contributed by atoms with E-state index in [4.69, 9.17) is 0 Å². The molecule has 3 rings (SSSR count). The van der Waals surface area contributed by atoms with Gasteiger partial charge in [-0.05, 0) is 48.7 Å². The van der Waals surface area contributed by atoms with Crippen LogP contribution in [0.2, 0.25) is 0 Å². The van der Waals surface area contributed by atoms with Gasteiger partial charge in [0.05, 0.1) is 5.92 Å². The summed E-state index contributed by atoms with van der Waals surface area (Å²) in [5, 5.41) is 2.90. The summed E-state index contributed by atoms with van der Waals surface area (Å²) in [6, 6.07) is 9.79. The molecule has 124 valence electrons. The van der Waals surface area contributed by atoms with Crippen LogP contribution in [0.1, 0.15) is 23.1 Å². The normalized spacial score (nSPS) is 17.2. The molecule has 24 heavy (non-hydrogen) atoms. The molecule has 2 amide bonds. The fraction of sp³-hybridized carbons (Fsp3) is 0.316. The van der Waals surface area contributed by atoms with Gasteiger partial charge >= 0.3 is 0 Å². The Balaban J connectivity index is 1.64. The second-order valence-corrected chi connectivity index (χ2v) is 6.33. The van der Waals surface area contributed by atoms with E-state index in [0.29, 0.717) is 13.1 Å². The first kappa shape index (κ1) is 16.2. The van der Waals surface area contributed by atoms with E-state index in [2.05, 4.69) is 16.4 Å². The van der Waals surface area contributed by atoms with Crippen molar-refractivity contribution in [2.24, 2.45) is 5.92 Å². The smallest absolute Gasteiger partial charge is 0.227 e. The minimum Gasteiger partial charge on any atom is -0.352 e. The minimum atomic E-state index is -0.310. The van der Waals surface area contributed by atoms with E-state index in [-0.39, 0.29) is 24.2 Å². The molecule has 1 aromatic heterocycles. The fourth-order valence-corrected chi connectivity index (χ4v) is 3.08. The van der Waals surface area contributed by atoms with Gasteiger partial charge in [-0.3, -0.25) is 14.6 Å². The Morgan fingerprint density at radius 2 is 2.04 bits per heavy atom. The Morgan fingerprint density at radius 1 is 1.29 bits per heavy atom. The zero-order valence-corrected chi connectivity index (χ0v) is 14.0. The van der Waals surface area contributed by atoms with Crippen LogP contribution in [0.25, 0.3) is 0 Å². The van der Waals surface area contributed by atoms with Crippen molar-refractivity contribution in [2.45, 2.75) is 26.8 Å². The van der Waals surface area contributed by atoms with E-state index in [1.165, 1.54) is 0 Å². The zero-order valence-electron chi connectivity index (χ0n) is 14.0. The lowest BCUT2D eigenvalue weighted by molar-refractivity contribution is -0.126. The third kappa shape index (κ3) is 3.62. The predicted molar refractivity (Wildman–Crippen MR) is 92.5 cm³/mol. The van der Waals surface area contributed by atoms with E-state index in [0.717, 1.165) is 22.4 Å². The van der Waals surface area contributed by atoms with Gasteiger partial charge in [0, 0.05) is 37.6 Å². The van der Waals surface area contributed by atoms with E-state index >= 15 is 0 Å². The van der Waals surface area contributed by atoms with E-state index in [1.54, 1.807) is 17.3 Å². The third-order valence-corrected chi connectivity index (χ3v) is 4.20. The molecule has 1 saturated heterocycles. The summed E-state index contributed by atoms with van der Waals surface area (Å²) >= 11 is 0. The highest BCUT2D eigenvalue weighted by Crippen LogP contribution is 2.27. The molecule has 1 atom stereocenters. The average molecular weight is 323 g/mol. The number of benzene rings is 1. The summed E-state index contributed by atoms with van der Waals surface area (Å²) in [4.78, 5) is 30.4. The molecular weight excluding hydrogens is 302 g/mol. The largest absolute Gasteiger partial charge is 0.352 e. The number of carbonyl (C=O) groups excluding carboxylic acids is 2. The maximum Gasteiger partial charge on any atom is 0.227 e.